The number of halogens is 2. The molecule has 0 aliphatic carbocycles. The number of benzene rings is 1. The summed E-state index contributed by atoms with van der Waals surface area (Å²) in [5.74, 6) is 0. The van der Waals surface area contributed by atoms with Gasteiger partial charge >= 0.3 is 5.69 Å². The first-order chi connectivity index (χ1) is 6.36. The minimum Gasteiger partial charge on any atom is -1.00 e. The topological polar surface area (TPSA) is 82.5 Å². The average Bonchev–Trinajstić information content (AvgIpc) is 2.02. The molecule has 82 valence electrons. The highest BCUT2D eigenvalue weighted by molar-refractivity contribution is 9.10. The van der Waals surface area contributed by atoms with Crippen molar-refractivity contribution >= 4 is 31.7 Å². The summed E-state index contributed by atoms with van der Waals surface area (Å²) in [6, 6.07) is 2.52. The summed E-state index contributed by atoms with van der Waals surface area (Å²) in [5, 5.41) is 8.53. The van der Waals surface area contributed by atoms with Crippen molar-refractivity contribution in [1.29, 1.82) is 5.39 Å². The molecule has 0 aromatic heterocycles. The Morgan fingerprint density at radius 1 is 1.47 bits per heavy atom. The monoisotopic (exact) mass is 312 g/mol. The van der Waals surface area contributed by atoms with Crippen LogP contribution < -0.4 is 12.4 Å². The van der Waals surface area contributed by atoms with Crippen molar-refractivity contribution in [2.75, 3.05) is 0 Å². The molecule has 15 heavy (non-hydrogen) atoms. The van der Waals surface area contributed by atoms with E-state index in [-0.39, 0.29) is 27.5 Å². The predicted octanol–water partition coefficient (Wildman–Crippen LogP) is -0.507. The van der Waals surface area contributed by atoms with Crippen LogP contribution in [0.25, 0.3) is 4.98 Å². The smallest absolute Gasteiger partial charge is 0.389 e. The van der Waals surface area contributed by atoms with Gasteiger partial charge in [-0.25, -0.2) is 0 Å². The Labute approximate surface area is 101 Å². The Morgan fingerprint density at radius 2 is 2.00 bits per heavy atom. The second-order valence-corrected chi connectivity index (χ2v) is 4.89. The maximum atomic E-state index is 10.8. The summed E-state index contributed by atoms with van der Waals surface area (Å²) in [6.45, 7) is 1.65. The van der Waals surface area contributed by atoms with E-state index < -0.39 is 10.1 Å². The molecular formula is C7H6BrClN2O3S. The third kappa shape index (κ3) is 3.14. The molecule has 0 heterocycles. The summed E-state index contributed by atoms with van der Waals surface area (Å²) in [6.07, 6.45) is 0. The number of aryl methyl sites for hydroxylation is 1. The maximum Gasteiger partial charge on any atom is 0.389 e. The van der Waals surface area contributed by atoms with E-state index in [9.17, 15) is 8.42 Å². The lowest BCUT2D eigenvalue weighted by Gasteiger charge is -1.99. The molecule has 0 fully saturated rings. The molecule has 0 atom stereocenters. The Morgan fingerprint density at radius 3 is 2.40 bits per heavy atom. The number of rotatable bonds is 1. The lowest BCUT2D eigenvalue weighted by atomic mass is 10.2. The molecule has 1 aromatic carbocycles. The Kier molecular flexibility index (Phi) is 4.67. The van der Waals surface area contributed by atoms with Gasteiger partial charge in [0.05, 0.1) is 6.07 Å². The number of hydrogen-bond donors (Lipinski definition) is 1. The second kappa shape index (κ2) is 4.90. The number of nitrogens with zero attached hydrogens (tertiary/aromatic N) is 2. The van der Waals surface area contributed by atoms with Crippen molar-refractivity contribution in [3.63, 3.8) is 0 Å². The fourth-order valence-electron chi connectivity index (χ4n) is 0.948. The van der Waals surface area contributed by atoms with Gasteiger partial charge in [0.15, 0.2) is 4.98 Å². The van der Waals surface area contributed by atoms with Gasteiger partial charge in [0, 0.05) is 10.0 Å². The van der Waals surface area contributed by atoms with Crippen molar-refractivity contribution in [2.45, 2.75) is 11.8 Å². The summed E-state index contributed by atoms with van der Waals surface area (Å²) >= 11 is 2.98. The van der Waals surface area contributed by atoms with Crippen LogP contribution in [-0.2, 0) is 10.1 Å². The van der Waals surface area contributed by atoms with E-state index in [4.69, 9.17) is 9.95 Å². The number of hydrogen-bond acceptors (Lipinski definition) is 3. The molecule has 0 radical (unpaired) electrons. The minimum absolute atomic E-state index is 0. The second-order valence-electron chi connectivity index (χ2n) is 2.64. The average molecular weight is 314 g/mol. The molecule has 1 aromatic rings. The molecule has 0 amide bonds. The van der Waals surface area contributed by atoms with Crippen LogP contribution in [0.2, 0.25) is 0 Å². The predicted molar refractivity (Wildman–Crippen MR) is 53.4 cm³/mol. The van der Waals surface area contributed by atoms with Crippen molar-refractivity contribution < 1.29 is 25.4 Å². The molecular weight excluding hydrogens is 308 g/mol. The van der Waals surface area contributed by atoms with Crippen LogP contribution in [0.4, 0.5) is 5.69 Å². The normalized spacial score (nSPS) is 10.3. The Hall–Kier alpha value is -0.680. The van der Waals surface area contributed by atoms with Gasteiger partial charge in [0.2, 0.25) is 5.39 Å². The molecule has 0 aliphatic heterocycles. The highest BCUT2D eigenvalue weighted by atomic mass is 79.9. The van der Waals surface area contributed by atoms with Crippen molar-refractivity contribution in [3.8, 4) is 0 Å². The van der Waals surface area contributed by atoms with E-state index in [1.54, 1.807) is 6.92 Å². The zero-order valence-corrected chi connectivity index (χ0v) is 10.6. The van der Waals surface area contributed by atoms with Gasteiger partial charge in [-0.2, -0.15) is 8.42 Å². The summed E-state index contributed by atoms with van der Waals surface area (Å²) in [5.41, 5.74) is 0.688. The SMILES string of the molecule is Cc1cc(Br)c(S(=O)(=O)O)cc1[N+]#N.[Cl-]. The molecule has 0 spiro atoms. The first-order valence-electron chi connectivity index (χ1n) is 3.49. The fraction of sp³-hybridized carbons (Fsp3) is 0.143. The quantitative estimate of drug-likeness (QED) is 0.559. The van der Waals surface area contributed by atoms with Crippen molar-refractivity contribution in [3.05, 3.63) is 27.1 Å². The van der Waals surface area contributed by atoms with Crippen molar-refractivity contribution in [1.82, 2.24) is 0 Å². The molecule has 0 unspecified atom stereocenters. The highest BCUT2D eigenvalue weighted by Gasteiger charge is 2.21. The zero-order valence-electron chi connectivity index (χ0n) is 7.48. The van der Waals surface area contributed by atoms with Crippen LogP contribution in [0.5, 0.6) is 0 Å². The molecule has 1 N–H and O–H groups in total. The van der Waals surface area contributed by atoms with E-state index in [0.29, 0.717) is 5.56 Å². The van der Waals surface area contributed by atoms with Gasteiger partial charge in [0.1, 0.15) is 4.90 Å². The van der Waals surface area contributed by atoms with Crippen LogP contribution in [0.1, 0.15) is 5.56 Å². The molecule has 5 nitrogen and oxygen atoms in total. The highest BCUT2D eigenvalue weighted by Crippen LogP contribution is 2.29. The van der Waals surface area contributed by atoms with Gasteiger partial charge in [-0.15, -0.1) is 0 Å². The van der Waals surface area contributed by atoms with E-state index >= 15 is 0 Å². The summed E-state index contributed by atoms with van der Waals surface area (Å²) in [4.78, 5) is 2.57. The summed E-state index contributed by atoms with van der Waals surface area (Å²) in [7, 11) is -4.30. The molecule has 0 saturated carbocycles. The largest absolute Gasteiger partial charge is 1.00 e. The van der Waals surface area contributed by atoms with Gasteiger partial charge in [-0.3, -0.25) is 4.55 Å². The molecule has 1 rings (SSSR count). The van der Waals surface area contributed by atoms with E-state index in [0.717, 1.165) is 6.07 Å². The van der Waals surface area contributed by atoms with E-state index in [1.807, 2.05) is 0 Å². The fourth-order valence-corrected chi connectivity index (χ4v) is 2.58. The number of diazo groups is 1. The Balaban J connectivity index is 0.00000196. The molecule has 8 heteroatoms. The zero-order chi connectivity index (χ0) is 10.9. The minimum atomic E-state index is -4.30. The van der Waals surface area contributed by atoms with Gasteiger partial charge in [0.25, 0.3) is 10.1 Å². The van der Waals surface area contributed by atoms with Gasteiger partial charge in [-0.05, 0) is 28.9 Å². The molecule has 0 bridgehead atoms. The lowest BCUT2D eigenvalue weighted by molar-refractivity contribution is -0.00000719. The van der Waals surface area contributed by atoms with Crippen LogP contribution in [0.15, 0.2) is 21.5 Å². The van der Waals surface area contributed by atoms with Gasteiger partial charge < -0.3 is 12.4 Å². The van der Waals surface area contributed by atoms with Gasteiger partial charge in [-0.1, -0.05) is 0 Å². The third-order valence-electron chi connectivity index (χ3n) is 1.64. The molecule has 0 aliphatic rings. The van der Waals surface area contributed by atoms with Crippen molar-refractivity contribution in [2.24, 2.45) is 0 Å². The Bertz CT molecular complexity index is 524. The maximum absolute atomic E-state index is 10.8. The standard InChI is InChI=1S/C7H5BrN2O3S.ClH/c1-4-2-5(8)7(14(11,12)13)3-6(4)10-9;/h2-3H,1H3;1H. The molecule has 0 saturated heterocycles. The van der Waals surface area contributed by atoms with Crippen LogP contribution in [-0.4, -0.2) is 13.0 Å². The first-order valence-corrected chi connectivity index (χ1v) is 5.72. The van der Waals surface area contributed by atoms with Crippen LogP contribution in [0, 0.1) is 12.3 Å². The summed E-state index contributed by atoms with van der Waals surface area (Å²) < 4.78 is 30.7. The van der Waals surface area contributed by atoms with Crippen LogP contribution >= 0.6 is 15.9 Å². The first kappa shape index (κ1) is 14.3. The van der Waals surface area contributed by atoms with E-state index in [1.165, 1.54) is 6.07 Å². The lowest BCUT2D eigenvalue weighted by Crippen LogP contribution is -3.00. The third-order valence-corrected chi connectivity index (χ3v) is 3.45. The van der Waals surface area contributed by atoms with E-state index in [2.05, 4.69) is 20.9 Å². The van der Waals surface area contributed by atoms with Crippen LogP contribution in [0.3, 0.4) is 0 Å².